The van der Waals surface area contributed by atoms with Gasteiger partial charge in [-0.2, -0.15) is 5.10 Å². The highest BCUT2D eigenvalue weighted by molar-refractivity contribution is 5.99. The molecule has 1 N–H and O–H groups in total. The highest BCUT2D eigenvalue weighted by atomic mass is 16.2. The predicted molar refractivity (Wildman–Crippen MR) is 125 cm³/mol. The van der Waals surface area contributed by atoms with Crippen LogP contribution in [0.2, 0.25) is 0 Å². The third-order valence-electron chi connectivity index (χ3n) is 6.04. The van der Waals surface area contributed by atoms with Crippen molar-refractivity contribution in [1.82, 2.24) is 29.7 Å². The van der Waals surface area contributed by atoms with E-state index in [0.717, 1.165) is 65.6 Å². The van der Waals surface area contributed by atoms with Crippen molar-refractivity contribution in [2.75, 3.05) is 19.6 Å². The second kappa shape index (κ2) is 8.24. The monoisotopic (exact) mass is 428 g/mol. The maximum atomic E-state index is 13.3. The molecule has 3 aliphatic heterocycles. The van der Waals surface area contributed by atoms with Gasteiger partial charge in [0.15, 0.2) is 0 Å². The van der Waals surface area contributed by atoms with Crippen LogP contribution in [0.25, 0.3) is 11.1 Å². The lowest BCUT2D eigenvalue weighted by molar-refractivity contribution is -0.122. The molecule has 3 aliphatic rings. The Morgan fingerprint density at radius 2 is 2.06 bits per heavy atom. The van der Waals surface area contributed by atoms with Crippen LogP contribution in [-0.2, 0) is 11.2 Å². The number of carbonyl (C=O) groups excluding carboxylic acids is 1. The van der Waals surface area contributed by atoms with Gasteiger partial charge in [-0.3, -0.25) is 14.7 Å². The Balaban J connectivity index is 1.49. The summed E-state index contributed by atoms with van der Waals surface area (Å²) in [7, 11) is 0. The third kappa shape index (κ3) is 3.80. The van der Waals surface area contributed by atoms with Crippen molar-refractivity contribution >= 4 is 17.0 Å². The number of fused-ring (bicyclic) bond motifs is 2. The van der Waals surface area contributed by atoms with Gasteiger partial charge < -0.3 is 10.2 Å². The summed E-state index contributed by atoms with van der Waals surface area (Å²) in [6.45, 7) is 9.03. The molecule has 7 heteroatoms. The molecule has 0 saturated carbocycles. The number of carbonyl (C=O) groups is 1. The predicted octanol–water partition coefficient (Wildman–Crippen LogP) is 2.97. The standard InChI is InChI=1S/C25H28N6O/c1-4-22-24-13-23(28-31(24)15-18(3)27-22)19-6-5-7-20-8-9-21(16-30(20)25(32)12-19)29-11-10-26-17(2)14-29/h5-9,12-13,15-17,26H,4,10-11,14H2,1-3H3/b6-5?,19-12?,20-7+/t17-/m1/s1. The van der Waals surface area contributed by atoms with E-state index in [4.69, 9.17) is 5.10 Å². The van der Waals surface area contributed by atoms with E-state index < -0.39 is 0 Å². The number of aryl methyl sites for hydroxylation is 2. The topological polar surface area (TPSA) is 65.8 Å². The third-order valence-corrected chi connectivity index (χ3v) is 6.04. The first-order chi connectivity index (χ1) is 15.5. The first kappa shape index (κ1) is 20.5. The summed E-state index contributed by atoms with van der Waals surface area (Å²) in [5.74, 6) is -0.0808. The summed E-state index contributed by atoms with van der Waals surface area (Å²) in [6.07, 6.45) is 16.4. The van der Waals surface area contributed by atoms with E-state index in [1.54, 1.807) is 11.0 Å². The molecule has 2 aromatic rings. The van der Waals surface area contributed by atoms with E-state index >= 15 is 0 Å². The Labute approximate surface area is 188 Å². The van der Waals surface area contributed by atoms with Gasteiger partial charge in [0.1, 0.15) is 0 Å². The summed E-state index contributed by atoms with van der Waals surface area (Å²) in [6, 6.07) is 2.44. The van der Waals surface area contributed by atoms with Crippen molar-refractivity contribution in [2.24, 2.45) is 0 Å². The molecule has 0 bridgehead atoms. The number of piperazine rings is 1. The van der Waals surface area contributed by atoms with Gasteiger partial charge in [-0.05, 0) is 44.6 Å². The molecular formula is C25H28N6O. The average Bonchev–Trinajstić information content (AvgIpc) is 3.20. The van der Waals surface area contributed by atoms with Gasteiger partial charge in [-0.15, -0.1) is 0 Å². The lowest BCUT2D eigenvalue weighted by Crippen LogP contribution is -2.48. The quantitative estimate of drug-likeness (QED) is 0.814. The average molecular weight is 429 g/mol. The minimum Gasteiger partial charge on any atom is -0.368 e. The lowest BCUT2D eigenvalue weighted by atomic mass is 10.1. The van der Waals surface area contributed by atoms with Gasteiger partial charge in [0, 0.05) is 49.2 Å². The van der Waals surface area contributed by atoms with Gasteiger partial charge in [0.05, 0.1) is 34.5 Å². The van der Waals surface area contributed by atoms with Gasteiger partial charge >= 0.3 is 0 Å². The summed E-state index contributed by atoms with van der Waals surface area (Å²) >= 11 is 0. The molecule has 5 rings (SSSR count). The molecule has 2 aromatic heterocycles. The van der Waals surface area contributed by atoms with Crippen LogP contribution in [0.15, 0.2) is 66.3 Å². The van der Waals surface area contributed by atoms with Crippen LogP contribution in [0.1, 0.15) is 30.9 Å². The minimum absolute atomic E-state index is 0.0808. The van der Waals surface area contributed by atoms with Gasteiger partial charge in [0.2, 0.25) is 0 Å². The first-order valence-electron chi connectivity index (χ1n) is 11.2. The Morgan fingerprint density at radius 1 is 1.22 bits per heavy atom. The molecule has 1 atom stereocenters. The number of hydrogen-bond donors (Lipinski definition) is 1. The number of aromatic nitrogens is 3. The molecule has 0 radical (unpaired) electrons. The molecule has 0 aromatic carbocycles. The van der Waals surface area contributed by atoms with Gasteiger partial charge in [-0.25, -0.2) is 4.52 Å². The van der Waals surface area contributed by atoms with E-state index in [0.29, 0.717) is 6.04 Å². The van der Waals surface area contributed by atoms with Crippen LogP contribution < -0.4 is 5.32 Å². The fourth-order valence-corrected chi connectivity index (χ4v) is 4.43. The maximum Gasteiger partial charge on any atom is 0.255 e. The molecule has 0 aliphatic carbocycles. The largest absolute Gasteiger partial charge is 0.368 e. The van der Waals surface area contributed by atoms with Crippen LogP contribution in [0.4, 0.5) is 0 Å². The fourth-order valence-electron chi connectivity index (χ4n) is 4.43. The van der Waals surface area contributed by atoms with E-state index in [2.05, 4.69) is 35.1 Å². The SMILES string of the molecule is CCc1nc(C)cn2nc(C3=CC(=O)N4C=C(N5CCN[C@H](C)C5)C=C/C4=C\C=C3)cc12. The Hall–Kier alpha value is -3.45. The molecule has 32 heavy (non-hydrogen) atoms. The van der Waals surface area contributed by atoms with Crippen LogP contribution in [0.3, 0.4) is 0 Å². The molecule has 1 amide bonds. The van der Waals surface area contributed by atoms with Gasteiger partial charge in [-0.1, -0.05) is 19.1 Å². The number of allylic oxidation sites excluding steroid dienone is 6. The van der Waals surface area contributed by atoms with E-state index in [-0.39, 0.29) is 5.91 Å². The zero-order chi connectivity index (χ0) is 22.2. The summed E-state index contributed by atoms with van der Waals surface area (Å²) in [4.78, 5) is 22.0. The van der Waals surface area contributed by atoms with E-state index in [1.165, 1.54) is 0 Å². The molecular weight excluding hydrogens is 400 g/mol. The van der Waals surface area contributed by atoms with Crippen molar-refractivity contribution in [1.29, 1.82) is 0 Å². The molecule has 7 nitrogen and oxygen atoms in total. The van der Waals surface area contributed by atoms with Crippen LogP contribution in [-0.4, -0.2) is 56.0 Å². The highest BCUT2D eigenvalue weighted by Crippen LogP contribution is 2.26. The number of rotatable bonds is 3. The van der Waals surface area contributed by atoms with E-state index in [1.807, 2.05) is 54.2 Å². The van der Waals surface area contributed by atoms with Crippen molar-refractivity contribution in [3.05, 3.63) is 83.4 Å². The second-order valence-corrected chi connectivity index (χ2v) is 8.49. The van der Waals surface area contributed by atoms with Crippen LogP contribution in [0.5, 0.6) is 0 Å². The Kier molecular flexibility index (Phi) is 5.27. The fraction of sp³-hybridized carbons (Fsp3) is 0.320. The Morgan fingerprint density at radius 3 is 2.88 bits per heavy atom. The maximum absolute atomic E-state index is 13.3. The molecule has 164 valence electrons. The number of hydrogen-bond acceptors (Lipinski definition) is 5. The summed E-state index contributed by atoms with van der Waals surface area (Å²) < 4.78 is 1.86. The molecule has 1 saturated heterocycles. The number of nitrogens with one attached hydrogen (secondary N) is 1. The molecule has 5 heterocycles. The minimum atomic E-state index is -0.0808. The second-order valence-electron chi connectivity index (χ2n) is 8.49. The molecule has 1 fully saturated rings. The van der Waals surface area contributed by atoms with Gasteiger partial charge in [0.25, 0.3) is 5.91 Å². The number of amides is 1. The molecule has 0 unspecified atom stereocenters. The molecule has 0 spiro atoms. The zero-order valence-corrected chi connectivity index (χ0v) is 18.7. The lowest BCUT2D eigenvalue weighted by Gasteiger charge is -2.36. The number of nitrogens with zero attached hydrogens (tertiary/aromatic N) is 5. The van der Waals surface area contributed by atoms with Crippen molar-refractivity contribution < 1.29 is 4.79 Å². The van der Waals surface area contributed by atoms with Crippen molar-refractivity contribution in [2.45, 2.75) is 33.2 Å². The van der Waals surface area contributed by atoms with Crippen LogP contribution in [0, 0.1) is 6.92 Å². The van der Waals surface area contributed by atoms with E-state index in [9.17, 15) is 4.79 Å². The zero-order valence-electron chi connectivity index (χ0n) is 18.7. The highest BCUT2D eigenvalue weighted by Gasteiger charge is 2.23. The summed E-state index contributed by atoms with van der Waals surface area (Å²) in [5.41, 5.74) is 6.38. The van der Waals surface area contributed by atoms with Crippen LogP contribution >= 0.6 is 0 Å². The van der Waals surface area contributed by atoms with Crippen molar-refractivity contribution in [3.63, 3.8) is 0 Å². The Bertz CT molecular complexity index is 1230. The summed E-state index contributed by atoms with van der Waals surface area (Å²) in [5, 5.41) is 8.20. The first-order valence-corrected chi connectivity index (χ1v) is 11.2. The normalized spacial score (nSPS) is 22.8. The van der Waals surface area contributed by atoms with Crippen molar-refractivity contribution in [3.8, 4) is 0 Å². The smallest absolute Gasteiger partial charge is 0.255 e.